The number of carbonyl (C=O) groups is 2. The molecule has 0 spiro atoms. The van der Waals surface area contributed by atoms with Crippen LogP contribution in [0.2, 0.25) is 0 Å². The summed E-state index contributed by atoms with van der Waals surface area (Å²) in [6, 6.07) is 3.33. The number of alkyl carbamates (subject to hydrolysis) is 1. The van der Waals surface area contributed by atoms with Gasteiger partial charge in [0, 0.05) is 11.6 Å². The molecule has 4 N–H and O–H groups in total. The van der Waals surface area contributed by atoms with E-state index in [0.717, 1.165) is 0 Å². The summed E-state index contributed by atoms with van der Waals surface area (Å²) in [7, 11) is 1.47. The van der Waals surface area contributed by atoms with Crippen molar-refractivity contribution < 1.29 is 29.3 Å². The topological polar surface area (TPSA) is 129 Å². The molecule has 0 aliphatic rings. The average molecular weight is 353 g/mol. The predicted octanol–water partition coefficient (Wildman–Crippen LogP) is 0.736. The van der Waals surface area contributed by atoms with Crippen LogP contribution < -0.4 is 15.5 Å². The lowest BCUT2D eigenvalue weighted by Gasteiger charge is -2.21. The van der Waals surface area contributed by atoms with Crippen molar-refractivity contribution >= 4 is 18.2 Å². The lowest BCUT2D eigenvalue weighted by molar-refractivity contribution is -0.124. The Bertz CT molecular complexity index is 639. The third kappa shape index (κ3) is 7.08. The van der Waals surface area contributed by atoms with Gasteiger partial charge >= 0.3 is 6.09 Å². The molecule has 0 saturated heterocycles. The van der Waals surface area contributed by atoms with Crippen molar-refractivity contribution in [1.82, 2.24) is 10.7 Å². The molecule has 0 unspecified atom stereocenters. The molecule has 138 valence electrons. The van der Waals surface area contributed by atoms with E-state index in [2.05, 4.69) is 15.8 Å². The van der Waals surface area contributed by atoms with Gasteiger partial charge < -0.3 is 25.0 Å². The number of hydrogen-bond acceptors (Lipinski definition) is 7. The van der Waals surface area contributed by atoms with Gasteiger partial charge in [-0.25, -0.2) is 10.2 Å². The maximum Gasteiger partial charge on any atom is 0.408 e. The standard InChI is InChI=1S/C16H23N3O6/c1-16(2,3)25-15(23)18-12(9-20)14(22)19-17-8-10-5-6-11(24-4)7-13(10)21/h5-8,12,20-21H,9H2,1-4H3,(H,18,23)(H,19,22)/b17-8+/t12-/m0/s1. The Morgan fingerprint density at radius 3 is 2.56 bits per heavy atom. The van der Waals surface area contributed by atoms with Crippen molar-refractivity contribution in [2.24, 2.45) is 5.10 Å². The molecular weight excluding hydrogens is 330 g/mol. The first-order chi connectivity index (χ1) is 11.7. The van der Waals surface area contributed by atoms with Crippen molar-refractivity contribution in [3.8, 4) is 11.5 Å². The van der Waals surface area contributed by atoms with Crippen LogP contribution in [-0.2, 0) is 9.53 Å². The van der Waals surface area contributed by atoms with Crippen LogP contribution in [0.1, 0.15) is 26.3 Å². The van der Waals surface area contributed by atoms with E-state index in [4.69, 9.17) is 9.47 Å². The van der Waals surface area contributed by atoms with Crippen molar-refractivity contribution in [3.63, 3.8) is 0 Å². The van der Waals surface area contributed by atoms with E-state index in [9.17, 15) is 19.8 Å². The monoisotopic (exact) mass is 353 g/mol. The number of hydrazone groups is 1. The molecule has 0 aliphatic heterocycles. The van der Waals surface area contributed by atoms with Gasteiger partial charge in [-0.1, -0.05) is 0 Å². The second-order valence-electron chi connectivity index (χ2n) is 6.04. The van der Waals surface area contributed by atoms with Crippen molar-refractivity contribution in [1.29, 1.82) is 0 Å². The molecule has 9 heteroatoms. The summed E-state index contributed by atoms with van der Waals surface area (Å²) >= 11 is 0. The lowest BCUT2D eigenvalue weighted by Crippen LogP contribution is -2.49. The number of aliphatic hydroxyl groups is 1. The van der Waals surface area contributed by atoms with Crippen LogP contribution >= 0.6 is 0 Å². The van der Waals surface area contributed by atoms with Gasteiger partial charge in [0.25, 0.3) is 5.91 Å². The fourth-order valence-electron chi connectivity index (χ4n) is 1.65. The number of amides is 2. The summed E-state index contributed by atoms with van der Waals surface area (Å²) < 4.78 is 9.96. The molecule has 1 aromatic carbocycles. The van der Waals surface area contributed by atoms with Crippen molar-refractivity contribution in [3.05, 3.63) is 23.8 Å². The number of benzene rings is 1. The molecule has 0 bridgehead atoms. The Labute approximate surface area is 145 Å². The largest absolute Gasteiger partial charge is 0.507 e. The Balaban J connectivity index is 2.62. The van der Waals surface area contributed by atoms with Gasteiger partial charge in [0.1, 0.15) is 23.1 Å². The Morgan fingerprint density at radius 1 is 1.36 bits per heavy atom. The van der Waals surface area contributed by atoms with E-state index < -0.39 is 30.3 Å². The SMILES string of the molecule is COc1ccc(/C=N/NC(=O)[C@H](CO)NC(=O)OC(C)(C)C)c(O)c1. The van der Waals surface area contributed by atoms with Crippen LogP contribution in [0.4, 0.5) is 4.79 Å². The van der Waals surface area contributed by atoms with Crippen LogP contribution in [0.3, 0.4) is 0 Å². The van der Waals surface area contributed by atoms with Gasteiger partial charge in [-0.3, -0.25) is 4.79 Å². The first kappa shape index (κ1) is 20.2. The van der Waals surface area contributed by atoms with E-state index >= 15 is 0 Å². The van der Waals surface area contributed by atoms with Gasteiger partial charge in [-0.15, -0.1) is 0 Å². The number of aromatic hydroxyl groups is 1. The van der Waals surface area contributed by atoms with Gasteiger partial charge in [0.05, 0.1) is 19.9 Å². The Kier molecular flexibility index (Phi) is 7.19. The van der Waals surface area contributed by atoms with Crippen molar-refractivity contribution in [2.75, 3.05) is 13.7 Å². The van der Waals surface area contributed by atoms with Gasteiger partial charge in [0.15, 0.2) is 0 Å². The summed E-state index contributed by atoms with van der Waals surface area (Å²) in [5.74, 6) is -0.346. The Morgan fingerprint density at radius 2 is 2.04 bits per heavy atom. The molecule has 25 heavy (non-hydrogen) atoms. The third-order valence-corrected chi connectivity index (χ3v) is 2.81. The second kappa shape index (κ2) is 8.88. The molecule has 1 atom stereocenters. The number of hydrogen-bond donors (Lipinski definition) is 4. The maximum absolute atomic E-state index is 11.9. The van der Waals surface area contributed by atoms with Crippen LogP contribution in [0.25, 0.3) is 0 Å². The number of ether oxygens (including phenoxy) is 2. The number of rotatable bonds is 6. The highest BCUT2D eigenvalue weighted by Gasteiger charge is 2.23. The molecular formula is C16H23N3O6. The summed E-state index contributed by atoms with van der Waals surface area (Å²) in [4.78, 5) is 23.5. The van der Waals surface area contributed by atoms with Gasteiger partial charge in [-0.05, 0) is 32.9 Å². The number of carbonyl (C=O) groups excluding carboxylic acids is 2. The summed E-state index contributed by atoms with van der Waals surface area (Å²) in [5, 5.41) is 24.9. The molecule has 0 radical (unpaired) electrons. The predicted molar refractivity (Wildman–Crippen MR) is 90.6 cm³/mol. The van der Waals surface area contributed by atoms with Crippen molar-refractivity contribution in [2.45, 2.75) is 32.4 Å². The van der Waals surface area contributed by atoms with E-state index in [1.165, 1.54) is 19.4 Å². The van der Waals surface area contributed by atoms with Crippen LogP contribution in [0, 0.1) is 0 Å². The minimum atomic E-state index is -1.23. The maximum atomic E-state index is 11.9. The summed E-state index contributed by atoms with van der Waals surface area (Å²) in [6.45, 7) is 4.39. The smallest absolute Gasteiger partial charge is 0.408 e. The Hall–Kier alpha value is -2.81. The first-order valence-corrected chi connectivity index (χ1v) is 7.46. The third-order valence-electron chi connectivity index (χ3n) is 2.81. The number of nitrogens with zero attached hydrogens (tertiary/aromatic N) is 1. The zero-order chi connectivity index (χ0) is 19.0. The molecule has 9 nitrogen and oxygen atoms in total. The van der Waals surface area contributed by atoms with Crippen LogP contribution in [0.5, 0.6) is 11.5 Å². The van der Waals surface area contributed by atoms with E-state index in [1.54, 1.807) is 32.9 Å². The number of methoxy groups -OCH3 is 1. The number of nitrogens with one attached hydrogen (secondary N) is 2. The second-order valence-corrected chi connectivity index (χ2v) is 6.04. The highest BCUT2D eigenvalue weighted by atomic mass is 16.6. The molecule has 0 fully saturated rings. The summed E-state index contributed by atoms with van der Waals surface area (Å²) in [6.07, 6.45) is 0.382. The highest BCUT2D eigenvalue weighted by molar-refractivity contribution is 5.88. The fourth-order valence-corrected chi connectivity index (χ4v) is 1.65. The molecule has 0 aliphatic carbocycles. The average Bonchev–Trinajstić information content (AvgIpc) is 2.52. The number of phenolic OH excluding ortho intramolecular Hbond substituents is 1. The van der Waals surface area contributed by atoms with Gasteiger partial charge in [-0.2, -0.15) is 5.10 Å². The normalized spacial score (nSPS) is 12.5. The van der Waals surface area contributed by atoms with Crippen LogP contribution in [0.15, 0.2) is 23.3 Å². The lowest BCUT2D eigenvalue weighted by atomic mass is 10.2. The van der Waals surface area contributed by atoms with E-state index in [1.807, 2.05) is 0 Å². The van der Waals surface area contributed by atoms with E-state index in [-0.39, 0.29) is 5.75 Å². The highest BCUT2D eigenvalue weighted by Crippen LogP contribution is 2.21. The zero-order valence-electron chi connectivity index (χ0n) is 14.6. The first-order valence-electron chi connectivity index (χ1n) is 7.46. The van der Waals surface area contributed by atoms with E-state index in [0.29, 0.717) is 11.3 Å². The molecule has 0 aromatic heterocycles. The molecule has 1 aromatic rings. The number of aliphatic hydroxyl groups excluding tert-OH is 1. The van der Waals surface area contributed by atoms with Gasteiger partial charge in [0.2, 0.25) is 0 Å². The molecule has 0 heterocycles. The molecule has 2 amide bonds. The minimum Gasteiger partial charge on any atom is -0.507 e. The minimum absolute atomic E-state index is 0.0806. The quantitative estimate of drug-likeness (QED) is 0.441. The molecule has 0 saturated carbocycles. The summed E-state index contributed by atoms with van der Waals surface area (Å²) in [5.41, 5.74) is 1.78. The molecule has 1 rings (SSSR count). The number of phenols is 1. The zero-order valence-corrected chi connectivity index (χ0v) is 14.6. The van der Waals surface area contributed by atoms with Crippen LogP contribution in [-0.4, -0.2) is 53.8 Å². The fraction of sp³-hybridized carbons (Fsp3) is 0.438.